The molecule has 0 radical (unpaired) electrons. The maximum atomic E-state index is 6.14. The van der Waals surface area contributed by atoms with Gasteiger partial charge < -0.3 is 4.74 Å². The summed E-state index contributed by atoms with van der Waals surface area (Å²) >= 11 is 0. The molecular weight excluding hydrogens is 210 g/mol. The van der Waals surface area contributed by atoms with E-state index in [0.29, 0.717) is 0 Å². The molecule has 2 nitrogen and oxygen atoms in total. The Balaban J connectivity index is 1.82. The van der Waals surface area contributed by atoms with Gasteiger partial charge in [0.05, 0.1) is 0 Å². The monoisotopic (exact) mass is 221 g/mol. The Labute approximate surface area is 99.7 Å². The molecule has 0 fully saturated rings. The molecular formula is C15H11NO. The molecule has 0 aromatic heterocycles. The van der Waals surface area contributed by atoms with E-state index >= 15 is 0 Å². The van der Waals surface area contributed by atoms with Crippen LogP contribution in [0.5, 0.6) is 0 Å². The smallest absolute Gasteiger partial charge is 0.111 e. The molecule has 0 bridgehead atoms. The standard InChI is InChI=1S/C15H11NO/c1-2-4-14-10(3-1)7-11-5-6-12-8-16-9-13(12)15(11)17-14/h1-9,14-15H. The Bertz CT molecular complexity index is 596. The second-order valence-electron chi connectivity index (χ2n) is 4.48. The maximum Gasteiger partial charge on any atom is 0.111 e. The van der Waals surface area contributed by atoms with E-state index in [1.807, 2.05) is 18.5 Å². The van der Waals surface area contributed by atoms with Crippen molar-refractivity contribution in [2.24, 2.45) is 4.99 Å². The van der Waals surface area contributed by atoms with Gasteiger partial charge in [-0.2, -0.15) is 0 Å². The molecule has 2 unspecified atom stereocenters. The third-order valence-electron chi connectivity index (χ3n) is 3.43. The summed E-state index contributed by atoms with van der Waals surface area (Å²) in [5.74, 6) is 0. The predicted molar refractivity (Wildman–Crippen MR) is 67.8 cm³/mol. The molecule has 4 rings (SSSR count). The molecule has 0 saturated heterocycles. The van der Waals surface area contributed by atoms with Gasteiger partial charge in [-0.25, -0.2) is 0 Å². The highest BCUT2D eigenvalue weighted by molar-refractivity contribution is 5.90. The molecule has 2 aliphatic carbocycles. The van der Waals surface area contributed by atoms with Gasteiger partial charge in [0.1, 0.15) is 12.2 Å². The minimum Gasteiger partial charge on any atom is -0.357 e. The summed E-state index contributed by atoms with van der Waals surface area (Å²) in [6.07, 6.45) is 18.7. The number of nitrogens with zero attached hydrogens (tertiary/aromatic N) is 1. The second kappa shape index (κ2) is 3.28. The Morgan fingerprint density at radius 2 is 2.12 bits per heavy atom. The van der Waals surface area contributed by atoms with E-state index in [-0.39, 0.29) is 12.2 Å². The fraction of sp³-hybridized carbons (Fsp3) is 0.133. The lowest BCUT2D eigenvalue weighted by molar-refractivity contribution is 0.0731. The van der Waals surface area contributed by atoms with Gasteiger partial charge in [0.2, 0.25) is 0 Å². The highest BCUT2D eigenvalue weighted by Gasteiger charge is 2.32. The predicted octanol–water partition coefficient (Wildman–Crippen LogP) is 2.64. The van der Waals surface area contributed by atoms with Crippen molar-refractivity contribution in [1.29, 1.82) is 0 Å². The van der Waals surface area contributed by atoms with Crippen molar-refractivity contribution in [1.82, 2.24) is 0 Å². The SMILES string of the molecule is C1=CC2=CC3=CC=C4C=NC=C4C3OC2C=C1. The van der Waals surface area contributed by atoms with E-state index in [9.17, 15) is 0 Å². The van der Waals surface area contributed by atoms with Crippen LogP contribution in [0.25, 0.3) is 0 Å². The van der Waals surface area contributed by atoms with Crippen molar-refractivity contribution in [2.45, 2.75) is 12.2 Å². The summed E-state index contributed by atoms with van der Waals surface area (Å²) in [6.45, 7) is 0. The van der Waals surface area contributed by atoms with E-state index in [4.69, 9.17) is 4.74 Å². The summed E-state index contributed by atoms with van der Waals surface area (Å²) in [4.78, 5) is 4.20. The lowest BCUT2D eigenvalue weighted by Gasteiger charge is -2.33. The normalized spacial score (nSPS) is 32.0. The van der Waals surface area contributed by atoms with Crippen LogP contribution in [-0.2, 0) is 4.74 Å². The molecule has 2 atom stereocenters. The summed E-state index contributed by atoms with van der Waals surface area (Å²) in [5, 5.41) is 0. The number of aliphatic imine (C=N–C) groups is 1. The minimum absolute atomic E-state index is 0.0439. The third-order valence-corrected chi connectivity index (χ3v) is 3.43. The average molecular weight is 221 g/mol. The zero-order valence-corrected chi connectivity index (χ0v) is 9.21. The molecule has 0 N–H and O–H groups in total. The molecule has 2 heterocycles. The van der Waals surface area contributed by atoms with Crippen molar-refractivity contribution < 1.29 is 4.74 Å². The van der Waals surface area contributed by atoms with Gasteiger partial charge in [-0.3, -0.25) is 4.99 Å². The number of hydrogen-bond acceptors (Lipinski definition) is 2. The first kappa shape index (κ1) is 9.14. The molecule has 0 saturated carbocycles. The van der Waals surface area contributed by atoms with Crippen molar-refractivity contribution >= 4 is 6.21 Å². The topological polar surface area (TPSA) is 21.6 Å². The van der Waals surface area contributed by atoms with E-state index in [0.717, 1.165) is 0 Å². The van der Waals surface area contributed by atoms with Crippen molar-refractivity contribution in [3.8, 4) is 0 Å². The molecule has 17 heavy (non-hydrogen) atoms. The van der Waals surface area contributed by atoms with Crippen LogP contribution >= 0.6 is 0 Å². The number of fused-ring (bicyclic) bond motifs is 4. The minimum atomic E-state index is 0.0439. The summed E-state index contributed by atoms with van der Waals surface area (Å²) < 4.78 is 6.14. The van der Waals surface area contributed by atoms with E-state index in [1.165, 1.54) is 22.3 Å². The van der Waals surface area contributed by atoms with Gasteiger partial charge in [0.25, 0.3) is 0 Å². The Morgan fingerprint density at radius 1 is 1.12 bits per heavy atom. The van der Waals surface area contributed by atoms with Crippen LogP contribution < -0.4 is 0 Å². The fourth-order valence-electron chi connectivity index (χ4n) is 2.56. The molecule has 0 amide bonds. The Kier molecular flexibility index (Phi) is 1.76. The molecule has 2 aliphatic heterocycles. The zero-order chi connectivity index (χ0) is 11.2. The van der Waals surface area contributed by atoms with E-state index in [1.54, 1.807) is 0 Å². The first-order valence-electron chi connectivity index (χ1n) is 5.79. The molecule has 2 heteroatoms. The van der Waals surface area contributed by atoms with Gasteiger partial charge in [-0.05, 0) is 17.2 Å². The lowest BCUT2D eigenvalue weighted by atomic mass is 9.86. The van der Waals surface area contributed by atoms with Crippen molar-refractivity contribution in [3.63, 3.8) is 0 Å². The van der Waals surface area contributed by atoms with Crippen LogP contribution in [0.15, 0.2) is 76.0 Å². The fourth-order valence-corrected chi connectivity index (χ4v) is 2.56. The van der Waals surface area contributed by atoms with Gasteiger partial charge in [-0.15, -0.1) is 0 Å². The molecule has 0 aromatic rings. The summed E-state index contributed by atoms with van der Waals surface area (Å²) in [6, 6.07) is 0. The van der Waals surface area contributed by atoms with Crippen LogP contribution in [0, 0.1) is 0 Å². The summed E-state index contributed by atoms with van der Waals surface area (Å²) in [5.41, 5.74) is 4.80. The molecule has 0 aromatic carbocycles. The number of rotatable bonds is 0. The quantitative estimate of drug-likeness (QED) is 0.616. The first-order valence-corrected chi connectivity index (χ1v) is 5.79. The van der Waals surface area contributed by atoms with Crippen LogP contribution in [-0.4, -0.2) is 18.4 Å². The largest absolute Gasteiger partial charge is 0.357 e. The second-order valence-corrected chi connectivity index (χ2v) is 4.48. The van der Waals surface area contributed by atoms with Crippen LogP contribution in [0.1, 0.15) is 0 Å². The van der Waals surface area contributed by atoms with Gasteiger partial charge >= 0.3 is 0 Å². The lowest BCUT2D eigenvalue weighted by Crippen LogP contribution is -2.31. The van der Waals surface area contributed by atoms with Gasteiger partial charge in [0, 0.05) is 23.6 Å². The number of hydrogen-bond donors (Lipinski definition) is 0. The molecule has 4 aliphatic rings. The van der Waals surface area contributed by atoms with Crippen LogP contribution in [0.3, 0.4) is 0 Å². The molecule has 82 valence electrons. The van der Waals surface area contributed by atoms with E-state index < -0.39 is 0 Å². The van der Waals surface area contributed by atoms with Crippen molar-refractivity contribution in [3.05, 3.63) is 71.0 Å². The summed E-state index contributed by atoms with van der Waals surface area (Å²) in [7, 11) is 0. The Hall–Kier alpha value is -1.93. The third kappa shape index (κ3) is 1.28. The zero-order valence-electron chi connectivity index (χ0n) is 9.21. The number of ether oxygens (including phenoxy) is 1. The highest BCUT2D eigenvalue weighted by atomic mass is 16.5. The number of allylic oxidation sites excluding steroid dienone is 4. The van der Waals surface area contributed by atoms with Crippen LogP contribution in [0.4, 0.5) is 0 Å². The molecule has 0 spiro atoms. The Morgan fingerprint density at radius 3 is 3.12 bits per heavy atom. The average Bonchev–Trinajstić information content (AvgIpc) is 2.85. The highest BCUT2D eigenvalue weighted by Crippen LogP contribution is 2.36. The van der Waals surface area contributed by atoms with Gasteiger partial charge in [-0.1, -0.05) is 36.5 Å². The maximum absolute atomic E-state index is 6.14. The first-order chi connectivity index (χ1) is 8.42. The van der Waals surface area contributed by atoms with Gasteiger partial charge in [0.15, 0.2) is 0 Å². The van der Waals surface area contributed by atoms with Crippen molar-refractivity contribution in [2.75, 3.05) is 0 Å². The van der Waals surface area contributed by atoms with E-state index in [2.05, 4.69) is 41.4 Å². The van der Waals surface area contributed by atoms with Crippen LogP contribution in [0.2, 0.25) is 0 Å².